The summed E-state index contributed by atoms with van der Waals surface area (Å²) < 4.78 is 43.2. The van der Waals surface area contributed by atoms with Gasteiger partial charge in [0.15, 0.2) is 11.5 Å². The molecule has 1 fully saturated rings. The van der Waals surface area contributed by atoms with Crippen LogP contribution in [0, 0.1) is 11.6 Å². The van der Waals surface area contributed by atoms with E-state index in [9.17, 15) is 13.6 Å². The zero-order chi connectivity index (χ0) is 21.8. The number of ether oxygens (including phenoxy) is 3. The number of nitrogens with zero attached hydrogens (tertiary/aromatic N) is 2. The van der Waals surface area contributed by atoms with Crippen molar-refractivity contribution in [2.75, 3.05) is 33.4 Å². The standard InChI is InChI=1S/C22H20F2N2O4S/c1-28-20-10-14(3-5-19(20)30-12-15-2-4-16(23)11-17(15)24)21-25-18(13-31-21)22(27)26-6-8-29-9-7-26/h2-5,10-11,13H,6-9,12H2,1H3. The summed E-state index contributed by atoms with van der Waals surface area (Å²) in [7, 11) is 1.50. The molecule has 4 rings (SSSR count). The van der Waals surface area contributed by atoms with E-state index in [1.807, 2.05) is 0 Å². The topological polar surface area (TPSA) is 60.9 Å². The van der Waals surface area contributed by atoms with Gasteiger partial charge < -0.3 is 19.1 Å². The number of rotatable bonds is 6. The van der Waals surface area contributed by atoms with E-state index in [0.717, 1.165) is 11.6 Å². The summed E-state index contributed by atoms with van der Waals surface area (Å²) in [6, 6.07) is 8.57. The van der Waals surface area contributed by atoms with Crippen molar-refractivity contribution in [3.8, 4) is 22.1 Å². The minimum atomic E-state index is -0.671. The minimum Gasteiger partial charge on any atom is -0.493 e. The Labute approximate surface area is 182 Å². The van der Waals surface area contributed by atoms with Gasteiger partial charge in [-0.3, -0.25) is 4.79 Å². The van der Waals surface area contributed by atoms with E-state index in [1.165, 1.54) is 30.6 Å². The monoisotopic (exact) mass is 446 g/mol. The van der Waals surface area contributed by atoms with Crippen molar-refractivity contribution >= 4 is 17.2 Å². The first-order chi connectivity index (χ1) is 15.0. The smallest absolute Gasteiger partial charge is 0.273 e. The quantitative estimate of drug-likeness (QED) is 0.569. The number of hydrogen-bond donors (Lipinski definition) is 0. The predicted octanol–water partition coefficient (Wildman–Crippen LogP) is 4.15. The first-order valence-electron chi connectivity index (χ1n) is 9.63. The van der Waals surface area contributed by atoms with Crippen molar-refractivity contribution in [2.24, 2.45) is 0 Å². The maximum atomic E-state index is 13.8. The molecule has 0 bridgehead atoms. The van der Waals surface area contributed by atoms with E-state index in [1.54, 1.807) is 28.5 Å². The van der Waals surface area contributed by atoms with E-state index in [-0.39, 0.29) is 18.1 Å². The number of amides is 1. The molecule has 0 radical (unpaired) electrons. The largest absolute Gasteiger partial charge is 0.493 e. The molecular formula is C22H20F2N2O4S. The number of carbonyl (C=O) groups is 1. The molecule has 0 N–H and O–H groups in total. The minimum absolute atomic E-state index is 0.0722. The van der Waals surface area contributed by atoms with E-state index in [0.29, 0.717) is 48.5 Å². The number of halogens is 2. The molecule has 1 aliphatic rings. The molecule has 162 valence electrons. The molecule has 1 amide bonds. The molecular weight excluding hydrogens is 426 g/mol. The summed E-state index contributed by atoms with van der Waals surface area (Å²) in [6.45, 7) is 2.10. The van der Waals surface area contributed by atoms with Gasteiger partial charge in [-0.2, -0.15) is 0 Å². The highest BCUT2D eigenvalue weighted by atomic mass is 32.1. The molecule has 2 aromatic carbocycles. The van der Waals surface area contributed by atoms with Gasteiger partial charge in [-0.1, -0.05) is 0 Å². The van der Waals surface area contributed by atoms with E-state index >= 15 is 0 Å². The molecule has 0 atom stereocenters. The van der Waals surface area contributed by atoms with Crippen LogP contribution in [0.2, 0.25) is 0 Å². The molecule has 0 aliphatic carbocycles. The second kappa shape index (κ2) is 9.40. The summed E-state index contributed by atoms with van der Waals surface area (Å²) in [5.41, 5.74) is 1.40. The van der Waals surface area contributed by atoms with Gasteiger partial charge in [0.1, 0.15) is 28.9 Å². The molecule has 9 heteroatoms. The Bertz CT molecular complexity index is 1080. The van der Waals surface area contributed by atoms with Gasteiger partial charge >= 0.3 is 0 Å². The van der Waals surface area contributed by atoms with Gasteiger partial charge in [0, 0.05) is 35.7 Å². The lowest BCUT2D eigenvalue weighted by Crippen LogP contribution is -2.40. The summed E-state index contributed by atoms with van der Waals surface area (Å²) in [5.74, 6) is -0.569. The highest BCUT2D eigenvalue weighted by Gasteiger charge is 2.21. The van der Waals surface area contributed by atoms with Crippen LogP contribution in [0.1, 0.15) is 16.1 Å². The van der Waals surface area contributed by atoms with Gasteiger partial charge in [-0.25, -0.2) is 13.8 Å². The lowest BCUT2D eigenvalue weighted by Gasteiger charge is -2.25. The molecule has 0 spiro atoms. The van der Waals surface area contributed by atoms with Gasteiger partial charge in [0.05, 0.1) is 20.3 Å². The number of benzene rings is 2. The third-order valence-corrected chi connectivity index (χ3v) is 5.72. The van der Waals surface area contributed by atoms with Crippen LogP contribution >= 0.6 is 11.3 Å². The van der Waals surface area contributed by atoms with Crippen LogP contribution in [0.15, 0.2) is 41.8 Å². The Hall–Kier alpha value is -3.04. The second-order valence-corrected chi connectivity index (χ2v) is 7.69. The number of aromatic nitrogens is 1. The lowest BCUT2D eigenvalue weighted by atomic mass is 10.2. The Morgan fingerprint density at radius 2 is 1.97 bits per heavy atom. The van der Waals surface area contributed by atoms with Crippen LogP contribution < -0.4 is 9.47 Å². The first kappa shape index (κ1) is 21.2. The zero-order valence-electron chi connectivity index (χ0n) is 16.8. The lowest BCUT2D eigenvalue weighted by molar-refractivity contribution is 0.0299. The van der Waals surface area contributed by atoms with Crippen molar-refractivity contribution in [1.29, 1.82) is 0 Å². The van der Waals surface area contributed by atoms with Crippen molar-refractivity contribution < 1.29 is 27.8 Å². The molecule has 0 unspecified atom stereocenters. The van der Waals surface area contributed by atoms with Crippen LogP contribution in [0.3, 0.4) is 0 Å². The normalized spacial score (nSPS) is 13.8. The average Bonchev–Trinajstić information content (AvgIpc) is 3.29. The van der Waals surface area contributed by atoms with Gasteiger partial charge in [0.2, 0.25) is 0 Å². The Balaban J connectivity index is 1.49. The third-order valence-electron chi connectivity index (χ3n) is 4.83. The van der Waals surface area contributed by atoms with Crippen molar-refractivity contribution in [3.63, 3.8) is 0 Å². The van der Waals surface area contributed by atoms with Crippen molar-refractivity contribution in [3.05, 3.63) is 64.7 Å². The molecule has 6 nitrogen and oxygen atoms in total. The van der Waals surface area contributed by atoms with Crippen LogP contribution in [0.5, 0.6) is 11.5 Å². The van der Waals surface area contributed by atoms with Gasteiger partial charge in [-0.15, -0.1) is 11.3 Å². The Morgan fingerprint density at radius 3 is 2.71 bits per heavy atom. The highest BCUT2D eigenvalue weighted by Crippen LogP contribution is 2.34. The van der Waals surface area contributed by atoms with Gasteiger partial charge in [-0.05, 0) is 30.3 Å². The fourth-order valence-corrected chi connectivity index (χ4v) is 3.94. The SMILES string of the molecule is COc1cc(-c2nc(C(=O)N3CCOCC3)cs2)ccc1OCc1ccc(F)cc1F. The van der Waals surface area contributed by atoms with E-state index < -0.39 is 11.6 Å². The van der Waals surface area contributed by atoms with Crippen LogP contribution in [-0.4, -0.2) is 49.2 Å². The van der Waals surface area contributed by atoms with Gasteiger partial charge in [0.25, 0.3) is 5.91 Å². The number of hydrogen-bond acceptors (Lipinski definition) is 6. The third kappa shape index (κ3) is 4.83. The molecule has 1 aromatic heterocycles. The second-order valence-electron chi connectivity index (χ2n) is 6.83. The number of methoxy groups -OCH3 is 1. The summed E-state index contributed by atoms with van der Waals surface area (Å²) >= 11 is 1.36. The molecule has 31 heavy (non-hydrogen) atoms. The molecule has 2 heterocycles. The van der Waals surface area contributed by atoms with Crippen molar-refractivity contribution in [1.82, 2.24) is 9.88 Å². The highest BCUT2D eigenvalue weighted by molar-refractivity contribution is 7.13. The van der Waals surface area contributed by atoms with E-state index in [4.69, 9.17) is 14.2 Å². The summed E-state index contributed by atoms with van der Waals surface area (Å²) in [6.07, 6.45) is 0. The fourth-order valence-electron chi connectivity index (χ4n) is 3.15. The van der Waals surface area contributed by atoms with E-state index in [2.05, 4.69) is 4.98 Å². The number of thiazole rings is 1. The predicted molar refractivity (Wildman–Crippen MR) is 112 cm³/mol. The fraction of sp³-hybridized carbons (Fsp3) is 0.273. The molecule has 3 aromatic rings. The molecule has 1 saturated heterocycles. The van der Waals surface area contributed by atoms with Crippen LogP contribution in [0.25, 0.3) is 10.6 Å². The molecule has 0 saturated carbocycles. The maximum absolute atomic E-state index is 13.8. The Kier molecular flexibility index (Phi) is 6.43. The Morgan fingerprint density at radius 1 is 1.16 bits per heavy atom. The summed E-state index contributed by atoms with van der Waals surface area (Å²) in [4.78, 5) is 18.8. The molecule has 1 aliphatic heterocycles. The number of morpholine rings is 1. The zero-order valence-corrected chi connectivity index (χ0v) is 17.6. The number of carbonyl (C=O) groups excluding carboxylic acids is 1. The van der Waals surface area contributed by atoms with Crippen LogP contribution in [-0.2, 0) is 11.3 Å². The first-order valence-corrected chi connectivity index (χ1v) is 10.5. The summed E-state index contributed by atoms with van der Waals surface area (Å²) in [5, 5.41) is 2.41. The average molecular weight is 446 g/mol. The van der Waals surface area contributed by atoms with Crippen molar-refractivity contribution in [2.45, 2.75) is 6.61 Å². The maximum Gasteiger partial charge on any atom is 0.273 e. The van der Waals surface area contributed by atoms with Crippen LogP contribution in [0.4, 0.5) is 8.78 Å².